The van der Waals surface area contributed by atoms with Crippen LogP contribution >= 0.6 is 0 Å². The molecule has 4 rings (SSSR count). The standard InChI is InChI=1S/C24H24N2O3/c1-29-26-23(28)22-18-20-13-5-6-14-21(20)25(22)24(26,16-9-17-27)15-8-7-12-19-10-3-2-4-11-19/h2-6,10-11,13-14,18,27H,7,9,12,16-17H2,1H3. The van der Waals surface area contributed by atoms with E-state index in [0.717, 1.165) is 17.3 Å². The van der Waals surface area contributed by atoms with Crippen molar-refractivity contribution in [3.63, 3.8) is 0 Å². The van der Waals surface area contributed by atoms with E-state index in [9.17, 15) is 9.90 Å². The van der Waals surface area contributed by atoms with Crippen LogP contribution < -0.4 is 0 Å². The molecule has 148 valence electrons. The molecule has 29 heavy (non-hydrogen) atoms. The number of fused-ring (bicyclic) bond motifs is 3. The number of carbonyl (C=O) groups excluding carboxylic acids is 1. The molecule has 1 aliphatic heterocycles. The molecule has 3 aromatic rings. The third-order valence-corrected chi connectivity index (χ3v) is 5.36. The van der Waals surface area contributed by atoms with Gasteiger partial charge in [0.15, 0.2) is 0 Å². The highest BCUT2D eigenvalue weighted by Crippen LogP contribution is 2.40. The molecule has 1 unspecified atom stereocenters. The van der Waals surface area contributed by atoms with Gasteiger partial charge in [0, 0.05) is 24.8 Å². The fourth-order valence-corrected chi connectivity index (χ4v) is 4.07. The number of hydrogen-bond acceptors (Lipinski definition) is 3. The van der Waals surface area contributed by atoms with Crippen molar-refractivity contribution in [2.24, 2.45) is 0 Å². The predicted molar refractivity (Wildman–Crippen MR) is 112 cm³/mol. The van der Waals surface area contributed by atoms with E-state index in [1.165, 1.54) is 17.7 Å². The van der Waals surface area contributed by atoms with Crippen molar-refractivity contribution >= 4 is 16.8 Å². The summed E-state index contributed by atoms with van der Waals surface area (Å²) < 4.78 is 1.97. The summed E-state index contributed by atoms with van der Waals surface area (Å²) in [6, 6.07) is 20.0. The van der Waals surface area contributed by atoms with Crippen molar-refractivity contribution < 1.29 is 14.7 Å². The van der Waals surface area contributed by atoms with E-state index in [1.807, 2.05) is 53.1 Å². The smallest absolute Gasteiger partial charge is 0.297 e. The lowest BCUT2D eigenvalue weighted by atomic mass is 10.0. The van der Waals surface area contributed by atoms with Gasteiger partial charge in [-0.15, -0.1) is 0 Å². The van der Waals surface area contributed by atoms with Gasteiger partial charge in [-0.05, 0) is 36.5 Å². The summed E-state index contributed by atoms with van der Waals surface area (Å²) in [4.78, 5) is 18.6. The number of amides is 1. The van der Waals surface area contributed by atoms with Crippen LogP contribution in [0, 0.1) is 11.8 Å². The fraction of sp³-hybridized carbons (Fsp3) is 0.292. The molecule has 2 aromatic carbocycles. The molecule has 0 saturated carbocycles. The Kier molecular flexibility index (Phi) is 5.39. The van der Waals surface area contributed by atoms with Crippen LogP contribution in [0.5, 0.6) is 0 Å². The number of carbonyl (C=O) groups is 1. The molecule has 1 atom stereocenters. The van der Waals surface area contributed by atoms with Crippen LogP contribution in [0.2, 0.25) is 0 Å². The molecule has 0 saturated heterocycles. The Morgan fingerprint density at radius 1 is 1.10 bits per heavy atom. The lowest BCUT2D eigenvalue weighted by Crippen LogP contribution is -2.45. The van der Waals surface area contributed by atoms with Gasteiger partial charge in [-0.3, -0.25) is 14.2 Å². The van der Waals surface area contributed by atoms with Crippen LogP contribution in [0.15, 0.2) is 60.7 Å². The summed E-state index contributed by atoms with van der Waals surface area (Å²) in [5.41, 5.74) is 1.75. The molecule has 1 amide bonds. The third kappa shape index (κ3) is 3.31. The molecule has 0 bridgehead atoms. The highest BCUT2D eigenvalue weighted by Gasteiger charge is 2.50. The van der Waals surface area contributed by atoms with E-state index in [2.05, 4.69) is 24.0 Å². The van der Waals surface area contributed by atoms with Crippen molar-refractivity contribution in [1.82, 2.24) is 9.63 Å². The molecule has 0 radical (unpaired) electrons. The highest BCUT2D eigenvalue weighted by atomic mass is 16.7. The van der Waals surface area contributed by atoms with Crippen LogP contribution in [-0.2, 0) is 16.9 Å². The van der Waals surface area contributed by atoms with Gasteiger partial charge in [-0.25, -0.2) is 0 Å². The first kappa shape index (κ1) is 19.3. The van der Waals surface area contributed by atoms with Gasteiger partial charge in [0.2, 0.25) is 5.66 Å². The summed E-state index contributed by atoms with van der Waals surface area (Å²) in [7, 11) is 1.49. The lowest BCUT2D eigenvalue weighted by molar-refractivity contribution is -0.161. The van der Waals surface area contributed by atoms with E-state index < -0.39 is 5.66 Å². The fourth-order valence-electron chi connectivity index (χ4n) is 4.07. The zero-order valence-electron chi connectivity index (χ0n) is 16.5. The minimum absolute atomic E-state index is 0.0216. The second kappa shape index (κ2) is 8.12. The number of rotatable bonds is 6. The molecular weight excluding hydrogens is 364 g/mol. The van der Waals surface area contributed by atoms with Gasteiger partial charge in [-0.2, -0.15) is 5.06 Å². The molecule has 0 aliphatic carbocycles. The van der Waals surface area contributed by atoms with Gasteiger partial charge in [0.05, 0.1) is 12.6 Å². The maximum atomic E-state index is 13.1. The van der Waals surface area contributed by atoms with Crippen molar-refractivity contribution in [2.45, 2.75) is 31.3 Å². The number of hydrogen-bond donors (Lipinski definition) is 1. The first-order valence-electron chi connectivity index (χ1n) is 9.86. The summed E-state index contributed by atoms with van der Waals surface area (Å²) >= 11 is 0. The Bertz CT molecular complexity index is 1080. The number of hydroxylamine groups is 2. The normalized spacial score (nSPS) is 18.0. The van der Waals surface area contributed by atoms with Gasteiger partial charge in [-0.1, -0.05) is 54.5 Å². The average molecular weight is 388 g/mol. The number of aliphatic hydroxyl groups is 1. The monoisotopic (exact) mass is 388 g/mol. The van der Waals surface area contributed by atoms with Crippen LogP contribution in [-0.4, -0.2) is 34.4 Å². The zero-order valence-corrected chi connectivity index (χ0v) is 16.5. The molecule has 2 heterocycles. The molecule has 5 heteroatoms. The maximum absolute atomic E-state index is 13.1. The summed E-state index contributed by atoms with van der Waals surface area (Å²) in [5, 5.41) is 11.8. The van der Waals surface area contributed by atoms with Gasteiger partial charge in [0.25, 0.3) is 5.91 Å². The van der Waals surface area contributed by atoms with E-state index >= 15 is 0 Å². The summed E-state index contributed by atoms with van der Waals surface area (Å²) in [5.74, 6) is 6.42. The molecular formula is C24H24N2O3. The maximum Gasteiger partial charge on any atom is 0.297 e. The van der Waals surface area contributed by atoms with E-state index in [1.54, 1.807) is 0 Å². The Morgan fingerprint density at radius 2 is 1.86 bits per heavy atom. The van der Waals surface area contributed by atoms with Crippen molar-refractivity contribution in [3.8, 4) is 11.8 Å². The number of aryl methyl sites for hydroxylation is 1. The minimum Gasteiger partial charge on any atom is -0.396 e. The molecule has 1 aliphatic rings. The zero-order chi connectivity index (χ0) is 20.3. The van der Waals surface area contributed by atoms with Crippen LogP contribution in [0.25, 0.3) is 10.9 Å². The molecule has 0 spiro atoms. The first-order valence-corrected chi connectivity index (χ1v) is 9.86. The quantitative estimate of drug-likeness (QED) is 0.655. The second-order valence-corrected chi connectivity index (χ2v) is 7.14. The lowest BCUT2D eigenvalue weighted by Gasteiger charge is -2.33. The molecule has 1 N–H and O–H groups in total. The van der Waals surface area contributed by atoms with E-state index in [0.29, 0.717) is 25.0 Å². The van der Waals surface area contributed by atoms with Crippen LogP contribution in [0.4, 0.5) is 0 Å². The predicted octanol–water partition coefficient (Wildman–Crippen LogP) is 3.72. The first-order chi connectivity index (χ1) is 14.2. The number of aromatic nitrogens is 1. The Balaban J connectivity index is 1.76. The third-order valence-electron chi connectivity index (χ3n) is 5.36. The van der Waals surface area contributed by atoms with E-state index in [4.69, 9.17) is 4.84 Å². The Morgan fingerprint density at radius 3 is 2.62 bits per heavy atom. The number of nitrogens with zero attached hydrogens (tertiary/aromatic N) is 2. The topological polar surface area (TPSA) is 54.7 Å². The summed E-state index contributed by atoms with van der Waals surface area (Å²) in [6.45, 7) is 0.0216. The Labute approximate surface area is 170 Å². The van der Waals surface area contributed by atoms with Gasteiger partial charge in [0.1, 0.15) is 5.69 Å². The molecule has 1 aromatic heterocycles. The second-order valence-electron chi connectivity index (χ2n) is 7.14. The number of benzene rings is 2. The number of para-hydroxylation sites is 1. The molecule has 5 nitrogen and oxygen atoms in total. The summed E-state index contributed by atoms with van der Waals surface area (Å²) in [6.07, 6.45) is 2.49. The van der Waals surface area contributed by atoms with Gasteiger partial charge >= 0.3 is 0 Å². The largest absolute Gasteiger partial charge is 0.396 e. The number of aliphatic hydroxyl groups excluding tert-OH is 1. The van der Waals surface area contributed by atoms with Crippen LogP contribution in [0.1, 0.15) is 35.3 Å². The minimum atomic E-state index is -0.969. The van der Waals surface area contributed by atoms with Gasteiger partial charge < -0.3 is 5.11 Å². The Hall–Kier alpha value is -3.07. The molecule has 0 fully saturated rings. The van der Waals surface area contributed by atoms with Crippen LogP contribution in [0.3, 0.4) is 0 Å². The highest BCUT2D eigenvalue weighted by molar-refractivity contribution is 6.01. The van der Waals surface area contributed by atoms with E-state index in [-0.39, 0.29) is 12.5 Å². The van der Waals surface area contributed by atoms with Crippen molar-refractivity contribution in [3.05, 3.63) is 71.9 Å². The SMILES string of the molecule is CON1C(=O)c2cc3ccccc3n2C1(C#CCCc1ccccc1)CCCO. The van der Waals surface area contributed by atoms with Crippen molar-refractivity contribution in [1.29, 1.82) is 0 Å². The average Bonchev–Trinajstić information content (AvgIpc) is 3.25. The van der Waals surface area contributed by atoms with Crippen molar-refractivity contribution in [2.75, 3.05) is 13.7 Å².